The van der Waals surface area contributed by atoms with Gasteiger partial charge in [-0.2, -0.15) is 0 Å². The summed E-state index contributed by atoms with van der Waals surface area (Å²) in [5.74, 6) is 2.37. The van der Waals surface area contributed by atoms with E-state index in [1.807, 2.05) is 4.90 Å². The zero-order valence-electron chi connectivity index (χ0n) is 9.42. The SMILES string of the molecule is CCN(CCCBr)C(=O)C1C2CCCC21. The fourth-order valence-electron chi connectivity index (χ4n) is 3.07. The van der Waals surface area contributed by atoms with Gasteiger partial charge < -0.3 is 4.90 Å². The second-order valence-electron chi connectivity index (χ2n) is 4.74. The molecule has 3 heteroatoms. The molecule has 0 aliphatic heterocycles. The minimum Gasteiger partial charge on any atom is -0.343 e. The van der Waals surface area contributed by atoms with Gasteiger partial charge in [-0.3, -0.25) is 4.79 Å². The van der Waals surface area contributed by atoms with Crippen LogP contribution in [0.25, 0.3) is 0 Å². The van der Waals surface area contributed by atoms with Gasteiger partial charge in [-0.15, -0.1) is 0 Å². The van der Waals surface area contributed by atoms with Crippen LogP contribution in [0.1, 0.15) is 32.6 Å². The summed E-state index contributed by atoms with van der Waals surface area (Å²) in [6, 6.07) is 0. The second-order valence-corrected chi connectivity index (χ2v) is 5.54. The molecule has 1 amide bonds. The Morgan fingerprint density at radius 2 is 2.07 bits per heavy atom. The predicted molar refractivity (Wildman–Crippen MR) is 65.0 cm³/mol. The Bertz CT molecular complexity index is 234. The maximum atomic E-state index is 12.2. The standard InChI is InChI=1S/C12H20BrNO/c1-2-14(8-4-7-13)12(15)11-9-5-3-6-10(9)11/h9-11H,2-8H2,1H3. The van der Waals surface area contributed by atoms with Crippen molar-refractivity contribution in [3.63, 3.8) is 0 Å². The lowest BCUT2D eigenvalue weighted by atomic mass is 10.1. The van der Waals surface area contributed by atoms with Crippen molar-refractivity contribution in [2.24, 2.45) is 17.8 Å². The fourth-order valence-corrected chi connectivity index (χ4v) is 3.32. The summed E-state index contributed by atoms with van der Waals surface area (Å²) in [6.45, 7) is 3.89. The van der Waals surface area contributed by atoms with Crippen LogP contribution in [0.2, 0.25) is 0 Å². The van der Waals surface area contributed by atoms with Crippen molar-refractivity contribution in [2.75, 3.05) is 18.4 Å². The van der Waals surface area contributed by atoms with Crippen molar-refractivity contribution in [1.82, 2.24) is 4.90 Å². The van der Waals surface area contributed by atoms with E-state index in [9.17, 15) is 4.79 Å². The predicted octanol–water partition coefficient (Wildman–Crippen LogP) is 2.67. The molecule has 2 aliphatic carbocycles. The Morgan fingerprint density at radius 1 is 1.40 bits per heavy atom. The molecule has 0 saturated heterocycles. The van der Waals surface area contributed by atoms with Crippen LogP contribution < -0.4 is 0 Å². The molecule has 2 nitrogen and oxygen atoms in total. The van der Waals surface area contributed by atoms with E-state index in [0.29, 0.717) is 11.8 Å². The molecule has 2 unspecified atom stereocenters. The molecule has 2 saturated carbocycles. The summed E-state index contributed by atoms with van der Waals surface area (Å²) < 4.78 is 0. The molecule has 2 atom stereocenters. The van der Waals surface area contributed by atoms with Gasteiger partial charge >= 0.3 is 0 Å². The van der Waals surface area contributed by atoms with Gasteiger partial charge in [0.25, 0.3) is 0 Å². The Hall–Kier alpha value is -0.0500. The number of nitrogens with zero attached hydrogens (tertiary/aromatic N) is 1. The first kappa shape index (κ1) is 11.4. The van der Waals surface area contributed by atoms with Gasteiger partial charge in [0.2, 0.25) is 5.91 Å². The zero-order chi connectivity index (χ0) is 10.8. The van der Waals surface area contributed by atoms with Gasteiger partial charge in [-0.1, -0.05) is 22.4 Å². The molecule has 2 fully saturated rings. The van der Waals surface area contributed by atoms with Gasteiger partial charge in [0.1, 0.15) is 0 Å². The Morgan fingerprint density at radius 3 is 2.60 bits per heavy atom. The van der Waals surface area contributed by atoms with Crippen LogP contribution in [0, 0.1) is 17.8 Å². The first-order chi connectivity index (χ1) is 7.29. The van der Waals surface area contributed by atoms with Crippen LogP contribution in [0.5, 0.6) is 0 Å². The van der Waals surface area contributed by atoms with Gasteiger partial charge in [0, 0.05) is 24.3 Å². The molecular weight excluding hydrogens is 254 g/mol. The maximum absolute atomic E-state index is 12.2. The van der Waals surface area contributed by atoms with Crippen molar-refractivity contribution < 1.29 is 4.79 Å². The van der Waals surface area contributed by atoms with E-state index >= 15 is 0 Å². The highest BCUT2D eigenvalue weighted by atomic mass is 79.9. The Labute approximate surface area is 101 Å². The molecule has 0 aromatic heterocycles. The first-order valence-corrected chi connectivity index (χ1v) is 7.26. The third kappa shape index (κ3) is 2.22. The van der Waals surface area contributed by atoms with Crippen LogP contribution >= 0.6 is 15.9 Å². The number of rotatable bonds is 5. The van der Waals surface area contributed by atoms with E-state index in [1.165, 1.54) is 19.3 Å². The van der Waals surface area contributed by atoms with E-state index in [2.05, 4.69) is 22.9 Å². The summed E-state index contributed by atoms with van der Waals surface area (Å²) in [6.07, 6.45) is 5.03. The largest absolute Gasteiger partial charge is 0.343 e. The van der Waals surface area contributed by atoms with Crippen LogP contribution in [0.4, 0.5) is 0 Å². The summed E-state index contributed by atoms with van der Waals surface area (Å²) >= 11 is 3.42. The van der Waals surface area contributed by atoms with Crippen LogP contribution in [0.3, 0.4) is 0 Å². The molecule has 0 N–H and O–H groups in total. The molecule has 0 spiro atoms. The third-order valence-corrected chi connectivity index (χ3v) is 4.51. The molecule has 0 radical (unpaired) electrons. The summed E-state index contributed by atoms with van der Waals surface area (Å²) in [5.41, 5.74) is 0. The smallest absolute Gasteiger partial charge is 0.226 e. The van der Waals surface area contributed by atoms with Gasteiger partial charge in [-0.05, 0) is 38.0 Å². The minimum atomic E-state index is 0.411. The quantitative estimate of drug-likeness (QED) is 0.706. The fraction of sp³-hybridized carbons (Fsp3) is 0.917. The summed E-state index contributed by atoms with van der Waals surface area (Å²) in [4.78, 5) is 14.2. The van der Waals surface area contributed by atoms with Crippen molar-refractivity contribution in [1.29, 1.82) is 0 Å². The van der Waals surface area contributed by atoms with E-state index in [4.69, 9.17) is 0 Å². The number of halogens is 1. The van der Waals surface area contributed by atoms with Gasteiger partial charge in [0.15, 0.2) is 0 Å². The average Bonchev–Trinajstić information content (AvgIpc) is 2.73. The van der Waals surface area contributed by atoms with Crippen LogP contribution in [-0.2, 0) is 4.79 Å². The number of carbonyl (C=O) groups is 1. The number of hydrogen-bond donors (Lipinski definition) is 0. The van der Waals surface area contributed by atoms with Gasteiger partial charge in [-0.25, -0.2) is 0 Å². The lowest BCUT2D eigenvalue weighted by Crippen LogP contribution is -2.34. The Balaban J connectivity index is 1.83. The normalized spacial score (nSPS) is 32.5. The number of carbonyl (C=O) groups excluding carboxylic acids is 1. The summed E-state index contributed by atoms with van der Waals surface area (Å²) in [5, 5.41) is 0.994. The van der Waals surface area contributed by atoms with E-state index < -0.39 is 0 Å². The number of fused-ring (bicyclic) bond motifs is 1. The first-order valence-electron chi connectivity index (χ1n) is 6.14. The molecule has 0 heterocycles. The molecule has 2 aliphatic rings. The summed E-state index contributed by atoms with van der Waals surface area (Å²) in [7, 11) is 0. The molecule has 0 aromatic carbocycles. The van der Waals surface area contributed by atoms with Gasteiger partial charge in [0.05, 0.1) is 0 Å². The van der Waals surface area contributed by atoms with Crippen molar-refractivity contribution >= 4 is 21.8 Å². The minimum absolute atomic E-state index is 0.411. The van der Waals surface area contributed by atoms with Crippen LogP contribution in [0.15, 0.2) is 0 Å². The van der Waals surface area contributed by atoms with Crippen molar-refractivity contribution in [3.8, 4) is 0 Å². The molecule has 0 bridgehead atoms. The average molecular weight is 274 g/mol. The molecule has 86 valence electrons. The van der Waals surface area contributed by atoms with E-state index in [0.717, 1.165) is 36.7 Å². The van der Waals surface area contributed by atoms with Crippen LogP contribution in [-0.4, -0.2) is 29.2 Å². The van der Waals surface area contributed by atoms with E-state index in [1.54, 1.807) is 0 Å². The van der Waals surface area contributed by atoms with E-state index in [-0.39, 0.29) is 0 Å². The highest BCUT2D eigenvalue weighted by Crippen LogP contribution is 2.58. The highest BCUT2D eigenvalue weighted by Gasteiger charge is 2.57. The van der Waals surface area contributed by atoms with Crippen molar-refractivity contribution in [2.45, 2.75) is 32.6 Å². The molecule has 2 rings (SSSR count). The number of amides is 1. The lowest BCUT2D eigenvalue weighted by Gasteiger charge is -2.21. The maximum Gasteiger partial charge on any atom is 0.226 e. The highest BCUT2D eigenvalue weighted by molar-refractivity contribution is 9.09. The zero-order valence-corrected chi connectivity index (χ0v) is 11.0. The second kappa shape index (κ2) is 4.86. The topological polar surface area (TPSA) is 20.3 Å². The number of hydrogen-bond acceptors (Lipinski definition) is 1. The Kier molecular flexibility index (Phi) is 3.70. The lowest BCUT2D eigenvalue weighted by molar-refractivity contribution is -0.133. The molecule has 0 aromatic rings. The molecule has 15 heavy (non-hydrogen) atoms. The monoisotopic (exact) mass is 273 g/mol. The van der Waals surface area contributed by atoms with Crippen molar-refractivity contribution in [3.05, 3.63) is 0 Å². The molecular formula is C12H20BrNO. The number of alkyl halides is 1. The third-order valence-electron chi connectivity index (χ3n) is 3.95.